The summed E-state index contributed by atoms with van der Waals surface area (Å²) in [4.78, 5) is 0.666. The monoisotopic (exact) mass is 315 g/mol. The Hall–Kier alpha value is -2.07. The molecule has 1 N–H and O–H groups in total. The van der Waals surface area contributed by atoms with E-state index >= 15 is 0 Å². The molecule has 2 rings (SSSR count). The minimum Gasteiger partial charge on any atom is -0.497 e. The zero-order chi connectivity index (χ0) is 15.9. The van der Waals surface area contributed by atoms with Gasteiger partial charge >= 0.3 is 0 Å². The number of hydrogen-bond acceptors (Lipinski definition) is 3. The van der Waals surface area contributed by atoms with Crippen molar-refractivity contribution in [2.75, 3.05) is 14.2 Å². The standard InChI is InChI=1S/C18H21NO2S/c1-4-13-5-7-14(8-6-13)12-19-18(22)16-10-9-15(20-2)11-17(16)21-3/h5-11H,4,12H2,1-3H3,(H,19,22). The van der Waals surface area contributed by atoms with Crippen LogP contribution in [0, 0.1) is 0 Å². The highest BCUT2D eigenvalue weighted by Gasteiger charge is 2.09. The fourth-order valence-electron chi connectivity index (χ4n) is 2.16. The second-order valence-electron chi connectivity index (χ2n) is 4.92. The Bertz CT molecular complexity index is 638. The van der Waals surface area contributed by atoms with Gasteiger partial charge in [0.25, 0.3) is 0 Å². The summed E-state index contributed by atoms with van der Waals surface area (Å²) in [6.07, 6.45) is 1.05. The Kier molecular flexibility index (Phi) is 5.78. The maximum Gasteiger partial charge on any atom is 0.132 e. The maximum atomic E-state index is 5.47. The third kappa shape index (κ3) is 3.98. The van der Waals surface area contributed by atoms with Crippen LogP contribution in [-0.4, -0.2) is 19.2 Å². The average molecular weight is 315 g/mol. The van der Waals surface area contributed by atoms with Gasteiger partial charge in [-0.2, -0.15) is 0 Å². The first-order chi connectivity index (χ1) is 10.7. The van der Waals surface area contributed by atoms with E-state index in [9.17, 15) is 0 Å². The number of aryl methyl sites for hydroxylation is 1. The average Bonchev–Trinajstić information content (AvgIpc) is 2.59. The van der Waals surface area contributed by atoms with Crippen molar-refractivity contribution in [2.45, 2.75) is 19.9 Å². The molecule has 0 saturated carbocycles. The van der Waals surface area contributed by atoms with Gasteiger partial charge in [-0.25, -0.2) is 0 Å². The van der Waals surface area contributed by atoms with Crippen molar-refractivity contribution in [3.05, 3.63) is 59.2 Å². The highest BCUT2D eigenvalue weighted by atomic mass is 32.1. The Morgan fingerprint density at radius 1 is 1.00 bits per heavy atom. The van der Waals surface area contributed by atoms with Crippen molar-refractivity contribution in [3.63, 3.8) is 0 Å². The molecule has 0 spiro atoms. The van der Waals surface area contributed by atoms with E-state index in [4.69, 9.17) is 21.7 Å². The first-order valence-corrected chi connectivity index (χ1v) is 7.66. The second-order valence-corrected chi connectivity index (χ2v) is 5.33. The van der Waals surface area contributed by atoms with Crippen LogP contribution in [0.5, 0.6) is 11.5 Å². The molecule has 0 aliphatic carbocycles. The first-order valence-electron chi connectivity index (χ1n) is 7.26. The highest BCUT2D eigenvalue weighted by Crippen LogP contribution is 2.24. The maximum absolute atomic E-state index is 5.47. The number of nitrogens with one attached hydrogen (secondary N) is 1. The molecule has 3 nitrogen and oxygen atoms in total. The summed E-state index contributed by atoms with van der Waals surface area (Å²) < 4.78 is 10.6. The number of benzene rings is 2. The SMILES string of the molecule is CCc1ccc(CNC(=S)c2ccc(OC)cc2OC)cc1. The second kappa shape index (κ2) is 7.80. The number of ether oxygens (including phenoxy) is 2. The highest BCUT2D eigenvalue weighted by molar-refractivity contribution is 7.80. The number of hydrogen-bond donors (Lipinski definition) is 1. The summed E-state index contributed by atoms with van der Waals surface area (Å²) in [7, 11) is 3.26. The molecule has 0 atom stereocenters. The van der Waals surface area contributed by atoms with Crippen LogP contribution in [0.15, 0.2) is 42.5 Å². The molecule has 116 valence electrons. The van der Waals surface area contributed by atoms with E-state index in [1.165, 1.54) is 11.1 Å². The van der Waals surface area contributed by atoms with Gasteiger partial charge in [0, 0.05) is 12.6 Å². The quantitative estimate of drug-likeness (QED) is 0.823. The van der Waals surface area contributed by atoms with Crippen LogP contribution in [0.2, 0.25) is 0 Å². The molecular weight excluding hydrogens is 294 g/mol. The molecule has 0 aromatic heterocycles. The minimum atomic E-state index is 0.666. The van der Waals surface area contributed by atoms with Gasteiger partial charge in [-0.3, -0.25) is 0 Å². The third-order valence-electron chi connectivity index (χ3n) is 3.54. The topological polar surface area (TPSA) is 30.5 Å². The first kappa shape index (κ1) is 16.3. The molecule has 0 aliphatic rings. The fraction of sp³-hybridized carbons (Fsp3) is 0.278. The summed E-state index contributed by atoms with van der Waals surface area (Å²) in [5, 5.41) is 3.28. The molecule has 0 bridgehead atoms. The lowest BCUT2D eigenvalue weighted by Crippen LogP contribution is -2.22. The number of methoxy groups -OCH3 is 2. The molecule has 4 heteroatoms. The van der Waals surface area contributed by atoms with Crippen LogP contribution in [0.1, 0.15) is 23.6 Å². The smallest absolute Gasteiger partial charge is 0.132 e. The summed E-state index contributed by atoms with van der Waals surface area (Å²) in [5.41, 5.74) is 3.40. The summed E-state index contributed by atoms with van der Waals surface area (Å²) in [6, 6.07) is 14.2. The Morgan fingerprint density at radius 3 is 2.27 bits per heavy atom. The number of rotatable bonds is 6. The molecule has 0 heterocycles. The van der Waals surface area contributed by atoms with Crippen molar-refractivity contribution >= 4 is 17.2 Å². The molecule has 0 unspecified atom stereocenters. The normalized spacial score (nSPS) is 10.1. The van der Waals surface area contributed by atoms with E-state index in [-0.39, 0.29) is 0 Å². The van der Waals surface area contributed by atoms with Gasteiger partial charge in [0.2, 0.25) is 0 Å². The Balaban J connectivity index is 2.05. The van der Waals surface area contributed by atoms with Crippen molar-refractivity contribution in [1.82, 2.24) is 5.32 Å². The van der Waals surface area contributed by atoms with Gasteiger partial charge in [0.1, 0.15) is 16.5 Å². The van der Waals surface area contributed by atoms with Gasteiger partial charge in [0.15, 0.2) is 0 Å². The molecule has 22 heavy (non-hydrogen) atoms. The molecule has 0 fully saturated rings. The molecule has 2 aromatic carbocycles. The van der Waals surface area contributed by atoms with Gasteiger partial charge in [0.05, 0.1) is 19.8 Å². The minimum absolute atomic E-state index is 0.666. The molecule has 0 radical (unpaired) electrons. The largest absolute Gasteiger partial charge is 0.497 e. The Morgan fingerprint density at radius 2 is 1.68 bits per heavy atom. The lowest BCUT2D eigenvalue weighted by Gasteiger charge is -2.13. The van der Waals surface area contributed by atoms with E-state index in [0.29, 0.717) is 17.3 Å². The van der Waals surface area contributed by atoms with E-state index in [2.05, 4.69) is 36.5 Å². The molecule has 2 aromatic rings. The third-order valence-corrected chi connectivity index (χ3v) is 3.90. The van der Waals surface area contributed by atoms with Crippen LogP contribution in [0.4, 0.5) is 0 Å². The van der Waals surface area contributed by atoms with Crippen LogP contribution in [-0.2, 0) is 13.0 Å². The molecule has 0 saturated heterocycles. The zero-order valence-electron chi connectivity index (χ0n) is 13.2. The van der Waals surface area contributed by atoms with Crippen molar-refractivity contribution in [2.24, 2.45) is 0 Å². The van der Waals surface area contributed by atoms with E-state index in [0.717, 1.165) is 17.7 Å². The van der Waals surface area contributed by atoms with Crippen LogP contribution in [0.25, 0.3) is 0 Å². The van der Waals surface area contributed by atoms with E-state index in [1.54, 1.807) is 14.2 Å². The van der Waals surface area contributed by atoms with Crippen molar-refractivity contribution in [1.29, 1.82) is 0 Å². The number of thiocarbonyl (C=S) groups is 1. The zero-order valence-corrected chi connectivity index (χ0v) is 14.0. The van der Waals surface area contributed by atoms with Gasteiger partial charge in [-0.15, -0.1) is 0 Å². The van der Waals surface area contributed by atoms with Crippen LogP contribution in [0.3, 0.4) is 0 Å². The van der Waals surface area contributed by atoms with E-state index in [1.807, 2.05) is 18.2 Å². The Labute approximate surface area is 137 Å². The summed E-state index contributed by atoms with van der Waals surface area (Å²) in [6.45, 7) is 2.84. The van der Waals surface area contributed by atoms with Gasteiger partial charge < -0.3 is 14.8 Å². The summed E-state index contributed by atoms with van der Waals surface area (Å²) >= 11 is 5.47. The van der Waals surface area contributed by atoms with E-state index < -0.39 is 0 Å². The molecule has 0 aliphatic heterocycles. The van der Waals surface area contributed by atoms with Gasteiger partial charge in [-0.05, 0) is 29.7 Å². The van der Waals surface area contributed by atoms with Crippen LogP contribution >= 0.6 is 12.2 Å². The van der Waals surface area contributed by atoms with Crippen molar-refractivity contribution < 1.29 is 9.47 Å². The van der Waals surface area contributed by atoms with Crippen molar-refractivity contribution in [3.8, 4) is 11.5 Å². The lowest BCUT2D eigenvalue weighted by atomic mass is 10.1. The summed E-state index contributed by atoms with van der Waals surface area (Å²) in [5.74, 6) is 1.46. The van der Waals surface area contributed by atoms with Crippen LogP contribution < -0.4 is 14.8 Å². The van der Waals surface area contributed by atoms with Gasteiger partial charge in [-0.1, -0.05) is 43.4 Å². The lowest BCUT2D eigenvalue weighted by molar-refractivity contribution is 0.394. The predicted molar refractivity (Wildman–Crippen MR) is 93.9 cm³/mol. The predicted octanol–water partition coefficient (Wildman–Crippen LogP) is 3.73. The molecular formula is C18H21NO2S. The fourth-order valence-corrected chi connectivity index (χ4v) is 2.40. The molecule has 0 amide bonds.